The van der Waals surface area contributed by atoms with E-state index < -0.39 is 18.1 Å². The highest BCUT2D eigenvalue weighted by Crippen LogP contribution is 2.16. The van der Waals surface area contributed by atoms with Crippen molar-refractivity contribution >= 4 is 5.97 Å². The lowest BCUT2D eigenvalue weighted by molar-refractivity contribution is 0.0592. The number of rotatable bonds is 2. The Morgan fingerprint density at radius 3 is 2.77 bits per heavy atom. The number of halogens is 2. The molecule has 1 aromatic heterocycles. The van der Waals surface area contributed by atoms with E-state index in [4.69, 9.17) is 0 Å². The van der Waals surface area contributed by atoms with Crippen molar-refractivity contribution in [3.63, 3.8) is 0 Å². The zero-order valence-corrected chi connectivity index (χ0v) is 6.83. The standard InChI is InChI=1S/C8H7F2NO2/c1-13-8(12)6-4-2-3-5(11-6)7(9)10/h2-4,7H,1H3. The lowest BCUT2D eigenvalue weighted by Gasteiger charge is -2.01. The number of methoxy groups -OCH3 is 1. The molecule has 0 aliphatic carbocycles. The Morgan fingerprint density at radius 1 is 1.54 bits per heavy atom. The van der Waals surface area contributed by atoms with E-state index >= 15 is 0 Å². The zero-order chi connectivity index (χ0) is 9.84. The van der Waals surface area contributed by atoms with Gasteiger partial charge in [-0.05, 0) is 12.1 Å². The average molecular weight is 187 g/mol. The quantitative estimate of drug-likeness (QED) is 0.663. The molecule has 0 saturated heterocycles. The van der Waals surface area contributed by atoms with Gasteiger partial charge in [0.05, 0.1) is 7.11 Å². The summed E-state index contributed by atoms with van der Waals surface area (Å²) in [5.74, 6) is -0.720. The second-order valence-corrected chi connectivity index (χ2v) is 2.24. The van der Waals surface area contributed by atoms with E-state index in [1.807, 2.05) is 0 Å². The van der Waals surface area contributed by atoms with E-state index in [-0.39, 0.29) is 5.69 Å². The Kier molecular flexibility index (Phi) is 2.89. The molecule has 0 N–H and O–H groups in total. The first-order valence-electron chi connectivity index (χ1n) is 3.48. The summed E-state index contributed by atoms with van der Waals surface area (Å²) >= 11 is 0. The van der Waals surface area contributed by atoms with E-state index in [9.17, 15) is 13.6 Å². The second kappa shape index (κ2) is 3.93. The van der Waals surface area contributed by atoms with Crippen molar-refractivity contribution in [2.75, 3.05) is 7.11 Å². The van der Waals surface area contributed by atoms with Crippen molar-refractivity contribution in [2.45, 2.75) is 6.43 Å². The highest BCUT2D eigenvalue weighted by Gasteiger charge is 2.12. The van der Waals surface area contributed by atoms with Gasteiger partial charge in [-0.2, -0.15) is 0 Å². The molecule has 1 rings (SSSR count). The predicted octanol–water partition coefficient (Wildman–Crippen LogP) is 1.81. The first kappa shape index (κ1) is 9.57. The van der Waals surface area contributed by atoms with Crippen LogP contribution >= 0.6 is 0 Å². The normalized spacial score (nSPS) is 10.2. The SMILES string of the molecule is COC(=O)c1cccc(C(F)F)n1. The first-order chi connectivity index (χ1) is 6.15. The van der Waals surface area contributed by atoms with Crippen molar-refractivity contribution in [3.05, 3.63) is 29.6 Å². The van der Waals surface area contributed by atoms with Crippen molar-refractivity contribution in [1.29, 1.82) is 0 Å². The molecule has 0 fully saturated rings. The molecule has 0 aliphatic heterocycles. The Hall–Kier alpha value is -1.52. The molecule has 0 aromatic carbocycles. The molecule has 70 valence electrons. The molecule has 13 heavy (non-hydrogen) atoms. The maximum absolute atomic E-state index is 12.1. The number of hydrogen-bond acceptors (Lipinski definition) is 3. The van der Waals surface area contributed by atoms with Crippen LogP contribution in [0.4, 0.5) is 8.78 Å². The second-order valence-electron chi connectivity index (χ2n) is 2.24. The number of carbonyl (C=O) groups is 1. The molecule has 0 saturated carbocycles. The first-order valence-corrected chi connectivity index (χ1v) is 3.48. The van der Waals surface area contributed by atoms with Crippen LogP contribution in [-0.2, 0) is 4.74 Å². The van der Waals surface area contributed by atoms with Gasteiger partial charge in [-0.15, -0.1) is 0 Å². The van der Waals surface area contributed by atoms with Crippen LogP contribution in [0, 0.1) is 0 Å². The molecule has 0 amide bonds. The van der Waals surface area contributed by atoms with Crippen LogP contribution in [0.2, 0.25) is 0 Å². The van der Waals surface area contributed by atoms with Crippen LogP contribution in [0.5, 0.6) is 0 Å². The highest BCUT2D eigenvalue weighted by atomic mass is 19.3. The van der Waals surface area contributed by atoms with E-state index in [1.165, 1.54) is 19.2 Å². The lowest BCUT2D eigenvalue weighted by Crippen LogP contribution is -2.05. The van der Waals surface area contributed by atoms with Crippen LogP contribution < -0.4 is 0 Å². The van der Waals surface area contributed by atoms with Gasteiger partial charge < -0.3 is 4.74 Å². The van der Waals surface area contributed by atoms with Crippen molar-refractivity contribution < 1.29 is 18.3 Å². The predicted molar refractivity (Wildman–Crippen MR) is 40.5 cm³/mol. The van der Waals surface area contributed by atoms with Gasteiger partial charge in [0, 0.05) is 0 Å². The number of esters is 1. The van der Waals surface area contributed by atoms with Crippen LogP contribution in [0.15, 0.2) is 18.2 Å². The third-order valence-electron chi connectivity index (χ3n) is 1.39. The summed E-state index contributed by atoms with van der Waals surface area (Å²) in [4.78, 5) is 14.3. The minimum absolute atomic E-state index is 0.111. The van der Waals surface area contributed by atoms with Crippen LogP contribution in [0.1, 0.15) is 22.6 Å². The van der Waals surface area contributed by atoms with E-state index in [0.717, 1.165) is 6.07 Å². The Morgan fingerprint density at radius 2 is 2.23 bits per heavy atom. The minimum Gasteiger partial charge on any atom is -0.464 e. The average Bonchev–Trinajstić information content (AvgIpc) is 2.17. The van der Waals surface area contributed by atoms with Gasteiger partial charge in [-0.1, -0.05) is 6.07 Å². The third-order valence-corrected chi connectivity index (χ3v) is 1.39. The molecular formula is C8H7F2NO2. The van der Waals surface area contributed by atoms with Crippen molar-refractivity contribution in [3.8, 4) is 0 Å². The number of alkyl halides is 2. The maximum Gasteiger partial charge on any atom is 0.356 e. The van der Waals surface area contributed by atoms with E-state index in [1.54, 1.807) is 0 Å². The summed E-state index contributed by atoms with van der Waals surface area (Å²) in [7, 11) is 1.17. The monoisotopic (exact) mass is 187 g/mol. The smallest absolute Gasteiger partial charge is 0.356 e. The minimum atomic E-state index is -2.68. The molecule has 0 bridgehead atoms. The van der Waals surface area contributed by atoms with Gasteiger partial charge >= 0.3 is 5.97 Å². The summed E-state index contributed by atoms with van der Waals surface area (Å²) < 4.78 is 28.5. The zero-order valence-electron chi connectivity index (χ0n) is 6.83. The number of ether oxygens (including phenoxy) is 1. The van der Waals surface area contributed by atoms with E-state index in [0.29, 0.717) is 0 Å². The van der Waals surface area contributed by atoms with Crippen LogP contribution in [-0.4, -0.2) is 18.1 Å². The number of nitrogens with zero attached hydrogens (tertiary/aromatic N) is 1. The molecule has 0 radical (unpaired) electrons. The van der Waals surface area contributed by atoms with Crippen molar-refractivity contribution in [2.24, 2.45) is 0 Å². The van der Waals surface area contributed by atoms with Gasteiger partial charge in [0.15, 0.2) is 0 Å². The molecule has 0 atom stereocenters. The fourth-order valence-electron chi connectivity index (χ4n) is 0.791. The van der Waals surface area contributed by atoms with Gasteiger partial charge in [-0.3, -0.25) is 0 Å². The van der Waals surface area contributed by atoms with Gasteiger partial charge in [-0.25, -0.2) is 18.6 Å². The summed E-state index contributed by atoms with van der Waals surface area (Å²) in [6, 6.07) is 3.80. The molecule has 0 aliphatic rings. The van der Waals surface area contributed by atoms with Crippen LogP contribution in [0.25, 0.3) is 0 Å². The maximum atomic E-state index is 12.1. The molecule has 0 unspecified atom stereocenters. The number of aromatic nitrogens is 1. The summed E-state index contributed by atoms with van der Waals surface area (Å²) in [6.07, 6.45) is -2.68. The highest BCUT2D eigenvalue weighted by molar-refractivity contribution is 5.87. The molecule has 5 heteroatoms. The third kappa shape index (κ3) is 2.21. The lowest BCUT2D eigenvalue weighted by atomic mass is 10.3. The Bertz CT molecular complexity index is 315. The van der Waals surface area contributed by atoms with Gasteiger partial charge in [0.2, 0.25) is 0 Å². The Labute approximate surface area is 73.4 Å². The molecule has 0 spiro atoms. The fourth-order valence-corrected chi connectivity index (χ4v) is 0.791. The Balaban J connectivity index is 2.98. The number of pyridine rings is 1. The summed E-state index contributed by atoms with van der Waals surface area (Å²) in [5, 5.41) is 0. The number of hydrogen-bond donors (Lipinski definition) is 0. The molecule has 1 aromatic rings. The largest absolute Gasteiger partial charge is 0.464 e. The van der Waals surface area contributed by atoms with Gasteiger partial charge in [0.25, 0.3) is 6.43 Å². The topological polar surface area (TPSA) is 39.2 Å². The molecular weight excluding hydrogens is 180 g/mol. The summed E-state index contributed by atoms with van der Waals surface area (Å²) in [5.41, 5.74) is -0.539. The van der Waals surface area contributed by atoms with Crippen LogP contribution in [0.3, 0.4) is 0 Å². The fraction of sp³-hybridized carbons (Fsp3) is 0.250. The van der Waals surface area contributed by atoms with E-state index in [2.05, 4.69) is 9.72 Å². The van der Waals surface area contributed by atoms with Gasteiger partial charge in [0.1, 0.15) is 11.4 Å². The molecule has 1 heterocycles. The van der Waals surface area contributed by atoms with Crippen molar-refractivity contribution in [1.82, 2.24) is 4.98 Å². The number of carbonyl (C=O) groups excluding carboxylic acids is 1. The molecule has 3 nitrogen and oxygen atoms in total. The summed E-state index contributed by atoms with van der Waals surface area (Å²) in [6.45, 7) is 0.